The molecule has 0 amide bonds. The minimum atomic E-state index is -1.67. The van der Waals surface area contributed by atoms with Gasteiger partial charge in [0.25, 0.3) is 0 Å². The Morgan fingerprint density at radius 2 is 1.91 bits per heavy atom. The molecule has 0 aromatic carbocycles. The molecule has 34 heavy (non-hydrogen) atoms. The first-order chi connectivity index (χ1) is 16.1. The van der Waals surface area contributed by atoms with Crippen molar-refractivity contribution in [3.63, 3.8) is 0 Å². The van der Waals surface area contributed by atoms with Crippen molar-refractivity contribution in [2.75, 3.05) is 6.61 Å². The van der Waals surface area contributed by atoms with E-state index in [0.717, 1.165) is 44.1 Å². The normalized spacial score (nSPS) is 38.6. The molecule has 0 aromatic heterocycles. The molecule has 4 rings (SSSR count). The van der Waals surface area contributed by atoms with Crippen molar-refractivity contribution in [1.29, 1.82) is 0 Å². The van der Waals surface area contributed by atoms with E-state index in [4.69, 9.17) is 4.74 Å². The zero-order valence-corrected chi connectivity index (χ0v) is 20.7. The molecule has 3 fully saturated rings. The van der Waals surface area contributed by atoms with Gasteiger partial charge in [-0.1, -0.05) is 51.7 Å². The van der Waals surface area contributed by atoms with E-state index in [1.807, 2.05) is 19.9 Å². The molecular formula is C28H38O6. The van der Waals surface area contributed by atoms with Crippen LogP contribution in [0.25, 0.3) is 0 Å². The number of rotatable bonds is 8. The zero-order valence-electron chi connectivity index (χ0n) is 20.7. The standard InChI is InChI=1S/C28H38O6/c1-4-5-6-7-8-24(32)34-17-23(31)28(33)14-12-21-20-10-9-18-15-19(29)11-13-26(18,2)25(20)22(30)16-27(21,28)3/h11,13,15,20-21,25,33H,4-10,12,14,16-17H2,1-3H3/t20-,21-,25+,26-,27-,28-/m0/s1. The molecule has 6 heteroatoms. The third-order valence-electron chi connectivity index (χ3n) is 9.47. The van der Waals surface area contributed by atoms with Gasteiger partial charge in [-0.05, 0) is 56.1 Å². The number of carbonyl (C=O) groups excluding carboxylic acids is 4. The van der Waals surface area contributed by atoms with E-state index in [1.165, 1.54) is 0 Å². The van der Waals surface area contributed by atoms with Crippen molar-refractivity contribution in [2.24, 2.45) is 28.6 Å². The number of hydrogen-bond acceptors (Lipinski definition) is 6. The fourth-order valence-corrected chi connectivity index (χ4v) is 7.53. The van der Waals surface area contributed by atoms with Gasteiger partial charge in [-0.2, -0.15) is 0 Å². The summed E-state index contributed by atoms with van der Waals surface area (Å²) in [7, 11) is 0. The number of Topliss-reactive ketones (excluding diaryl/α,β-unsaturated/α-hetero) is 2. The third-order valence-corrected chi connectivity index (χ3v) is 9.47. The number of allylic oxidation sites excluding steroid dienone is 4. The van der Waals surface area contributed by atoms with Crippen LogP contribution >= 0.6 is 0 Å². The van der Waals surface area contributed by atoms with Crippen molar-refractivity contribution in [2.45, 2.75) is 90.6 Å². The molecule has 0 aliphatic heterocycles. The van der Waals surface area contributed by atoms with Gasteiger partial charge in [0.15, 0.2) is 12.4 Å². The number of ketones is 3. The molecule has 6 atom stereocenters. The van der Waals surface area contributed by atoms with E-state index in [2.05, 4.69) is 6.92 Å². The van der Waals surface area contributed by atoms with Gasteiger partial charge in [-0.15, -0.1) is 0 Å². The molecule has 0 saturated heterocycles. The van der Waals surface area contributed by atoms with Gasteiger partial charge in [0.05, 0.1) is 0 Å². The first-order valence-corrected chi connectivity index (χ1v) is 12.9. The fraction of sp³-hybridized carbons (Fsp3) is 0.714. The first-order valence-electron chi connectivity index (χ1n) is 12.9. The lowest BCUT2D eigenvalue weighted by Gasteiger charge is -2.56. The maximum Gasteiger partial charge on any atom is 0.306 e. The minimum Gasteiger partial charge on any atom is -0.458 e. The molecule has 186 valence electrons. The van der Waals surface area contributed by atoms with E-state index in [9.17, 15) is 24.3 Å². The van der Waals surface area contributed by atoms with E-state index < -0.39 is 34.8 Å². The largest absolute Gasteiger partial charge is 0.458 e. The van der Waals surface area contributed by atoms with Crippen LogP contribution in [0.5, 0.6) is 0 Å². The summed E-state index contributed by atoms with van der Waals surface area (Å²) in [4.78, 5) is 50.8. The summed E-state index contributed by atoms with van der Waals surface area (Å²) in [5.41, 5.74) is -2.00. The molecule has 4 aliphatic carbocycles. The van der Waals surface area contributed by atoms with Crippen LogP contribution in [0.4, 0.5) is 0 Å². The maximum atomic E-state index is 13.6. The monoisotopic (exact) mass is 470 g/mol. The molecule has 4 aliphatic rings. The van der Waals surface area contributed by atoms with Crippen LogP contribution in [0.1, 0.15) is 85.0 Å². The molecule has 0 spiro atoms. The Morgan fingerprint density at radius 1 is 1.15 bits per heavy atom. The van der Waals surface area contributed by atoms with E-state index in [-0.39, 0.29) is 48.6 Å². The van der Waals surface area contributed by atoms with Gasteiger partial charge in [0, 0.05) is 29.6 Å². The van der Waals surface area contributed by atoms with E-state index >= 15 is 0 Å². The van der Waals surface area contributed by atoms with Crippen LogP contribution in [0.15, 0.2) is 23.8 Å². The van der Waals surface area contributed by atoms with Gasteiger partial charge in [0.2, 0.25) is 5.78 Å². The van der Waals surface area contributed by atoms with Gasteiger partial charge in [-0.3, -0.25) is 19.2 Å². The Balaban J connectivity index is 1.48. The number of unbranched alkanes of at least 4 members (excludes halogenated alkanes) is 3. The summed E-state index contributed by atoms with van der Waals surface area (Å²) in [5, 5.41) is 11.6. The topological polar surface area (TPSA) is 97.7 Å². The lowest BCUT2D eigenvalue weighted by Crippen LogP contribution is -2.60. The van der Waals surface area contributed by atoms with Crippen LogP contribution in [0.3, 0.4) is 0 Å². The molecule has 0 aromatic rings. The number of ether oxygens (including phenoxy) is 1. The fourth-order valence-electron chi connectivity index (χ4n) is 7.53. The Hall–Kier alpha value is -2.08. The number of fused-ring (bicyclic) bond motifs is 5. The van der Waals surface area contributed by atoms with Gasteiger partial charge in [-0.25, -0.2) is 0 Å². The summed E-state index contributed by atoms with van der Waals surface area (Å²) in [6.45, 7) is 5.58. The van der Waals surface area contributed by atoms with Gasteiger partial charge >= 0.3 is 5.97 Å². The highest BCUT2D eigenvalue weighted by molar-refractivity contribution is 6.02. The Bertz CT molecular complexity index is 947. The van der Waals surface area contributed by atoms with Crippen LogP contribution in [-0.4, -0.2) is 40.6 Å². The van der Waals surface area contributed by atoms with Crippen LogP contribution in [0.2, 0.25) is 0 Å². The number of aliphatic hydroxyl groups is 1. The van der Waals surface area contributed by atoms with Crippen molar-refractivity contribution < 1.29 is 29.0 Å². The summed E-state index contributed by atoms with van der Waals surface area (Å²) in [6.07, 6.45) is 11.8. The summed E-state index contributed by atoms with van der Waals surface area (Å²) < 4.78 is 5.23. The van der Waals surface area contributed by atoms with Gasteiger partial charge in [0.1, 0.15) is 11.4 Å². The maximum absolute atomic E-state index is 13.6. The zero-order chi connectivity index (χ0) is 24.7. The molecule has 3 saturated carbocycles. The number of carbonyl (C=O) groups is 4. The summed E-state index contributed by atoms with van der Waals surface area (Å²) >= 11 is 0. The van der Waals surface area contributed by atoms with Crippen LogP contribution < -0.4 is 0 Å². The Morgan fingerprint density at radius 3 is 2.65 bits per heavy atom. The van der Waals surface area contributed by atoms with Gasteiger partial charge < -0.3 is 9.84 Å². The molecule has 0 radical (unpaired) electrons. The highest BCUT2D eigenvalue weighted by Crippen LogP contribution is 2.66. The predicted molar refractivity (Wildman–Crippen MR) is 127 cm³/mol. The Kier molecular flexibility index (Phi) is 6.75. The minimum absolute atomic E-state index is 0.0262. The second-order valence-electron chi connectivity index (χ2n) is 11.3. The van der Waals surface area contributed by atoms with Crippen LogP contribution in [0, 0.1) is 28.6 Å². The molecule has 1 N–H and O–H groups in total. The average molecular weight is 471 g/mol. The Labute approximate surface area is 202 Å². The number of hydrogen-bond donors (Lipinski definition) is 1. The lowest BCUT2D eigenvalue weighted by atomic mass is 9.46. The van der Waals surface area contributed by atoms with Crippen molar-refractivity contribution >= 4 is 23.3 Å². The molecule has 0 heterocycles. The van der Waals surface area contributed by atoms with E-state index in [0.29, 0.717) is 6.42 Å². The third kappa shape index (κ3) is 3.92. The molecule has 0 bridgehead atoms. The second-order valence-corrected chi connectivity index (χ2v) is 11.3. The van der Waals surface area contributed by atoms with E-state index in [1.54, 1.807) is 12.2 Å². The first kappa shape index (κ1) is 25.0. The van der Waals surface area contributed by atoms with Crippen molar-refractivity contribution in [3.05, 3.63) is 23.8 Å². The van der Waals surface area contributed by atoms with Crippen molar-refractivity contribution in [3.8, 4) is 0 Å². The highest BCUT2D eigenvalue weighted by Gasteiger charge is 2.68. The molecule has 6 nitrogen and oxygen atoms in total. The smallest absolute Gasteiger partial charge is 0.306 e. The van der Waals surface area contributed by atoms with Crippen molar-refractivity contribution in [1.82, 2.24) is 0 Å². The number of esters is 1. The summed E-state index contributed by atoms with van der Waals surface area (Å²) in [6, 6.07) is 0. The molecular weight excluding hydrogens is 432 g/mol. The predicted octanol–water partition coefficient (Wildman–Crippen LogP) is 4.29. The molecule has 0 unspecified atom stereocenters. The SMILES string of the molecule is CCCCCCC(=O)OCC(=O)[C@@]1(O)CC[C@H]2[C@@H]3CCC4=CC(=O)C=C[C@]4(C)[C@H]3C(=O)C[C@@]21C. The quantitative estimate of drug-likeness (QED) is 0.420. The second kappa shape index (κ2) is 9.18. The highest BCUT2D eigenvalue weighted by atomic mass is 16.5. The summed E-state index contributed by atoms with van der Waals surface area (Å²) in [5.74, 6) is -1.04. The van der Waals surface area contributed by atoms with Crippen LogP contribution in [-0.2, 0) is 23.9 Å². The lowest BCUT2D eigenvalue weighted by molar-refractivity contribution is -0.172. The average Bonchev–Trinajstić information content (AvgIpc) is 3.06.